The molecule has 1 aliphatic rings. The molecule has 1 atom stereocenters. The van der Waals surface area contributed by atoms with E-state index >= 15 is 0 Å². The monoisotopic (exact) mass is 282 g/mol. The molecule has 0 amide bonds. The van der Waals surface area contributed by atoms with E-state index in [1.54, 1.807) is 0 Å². The number of nitrogens with one attached hydrogen (secondary N) is 1. The fourth-order valence-electron chi connectivity index (χ4n) is 3.15. The molecule has 110 valence electrons. The molecule has 0 aromatic heterocycles. The van der Waals surface area contributed by atoms with Crippen LogP contribution in [0.3, 0.4) is 0 Å². The third kappa shape index (κ3) is 2.67. The van der Waals surface area contributed by atoms with Crippen molar-refractivity contribution in [3.8, 4) is 5.75 Å². The highest BCUT2D eigenvalue weighted by atomic mass is 16.5. The van der Waals surface area contributed by atoms with E-state index in [0.717, 1.165) is 5.75 Å². The second kappa shape index (κ2) is 5.88. The maximum Gasteiger partial charge on any atom is 0.119 e. The van der Waals surface area contributed by atoms with Gasteiger partial charge in [-0.2, -0.15) is 0 Å². The summed E-state index contributed by atoms with van der Waals surface area (Å²) in [4.78, 5) is 0. The van der Waals surface area contributed by atoms with Gasteiger partial charge >= 0.3 is 0 Å². The molecule has 0 aliphatic heterocycles. The first kappa shape index (κ1) is 14.1. The SMILES string of the molecule is CCOc1ccc(C(NN)C2(c3ccccc3)CC2)cc1. The summed E-state index contributed by atoms with van der Waals surface area (Å²) >= 11 is 0. The number of rotatable bonds is 6. The second-order valence-corrected chi connectivity index (χ2v) is 5.62. The van der Waals surface area contributed by atoms with Gasteiger partial charge in [-0.3, -0.25) is 11.3 Å². The van der Waals surface area contributed by atoms with E-state index in [1.807, 2.05) is 19.1 Å². The first-order chi connectivity index (χ1) is 10.3. The number of hydrogen-bond acceptors (Lipinski definition) is 3. The molecule has 0 heterocycles. The number of hydrogen-bond donors (Lipinski definition) is 2. The Labute approximate surface area is 126 Å². The summed E-state index contributed by atoms with van der Waals surface area (Å²) in [5.41, 5.74) is 5.73. The Balaban J connectivity index is 1.88. The van der Waals surface area contributed by atoms with Crippen LogP contribution >= 0.6 is 0 Å². The Kier molecular flexibility index (Phi) is 3.95. The number of ether oxygens (including phenoxy) is 1. The van der Waals surface area contributed by atoms with Crippen LogP contribution in [0.1, 0.15) is 36.9 Å². The largest absolute Gasteiger partial charge is 0.494 e. The summed E-state index contributed by atoms with van der Waals surface area (Å²) in [7, 11) is 0. The van der Waals surface area contributed by atoms with Crippen molar-refractivity contribution in [1.29, 1.82) is 0 Å². The van der Waals surface area contributed by atoms with Gasteiger partial charge in [0.1, 0.15) is 5.75 Å². The van der Waals surface area contributed by atoms with Gasteiger partial charge in [0.2, 0.25) is 0 Å². The molecule has 2 aromatic carbocycles. The average Bonchev–Trinajstić information content (AvgIpc) is 3.33. The molecule has 2 aromatic rings. The van der Waals surface area contributed by atoms with Gasteiger partial charge in [-0.15, -0.1) is 0 Å². The van der Waals surface area contributed by atoms with Gasteiger partial charge in [-0.25, -0.2) is 0 Å². The van der Waals surface area contributed by atoms with Crippen LogP contribution in [-0.2, 0) is 5.41 Å². The first-order valence-corrected chi connectivity index (χ1v) is 7.54. The van der Waals surface area contributed by atoms with Gasteiger partial charge in [-0.1, -0.05) is 42.5 Å². The summed E-state index contributed by atoms with van der Waals surface area (Å²) < 4.78 is 5.51. The molecule has 1 fully saturated rings. The minimum Gasteiger partial charge on any atom is -0.494 e. The maximum atomic E-state index is 5.88. The van der Waals surface area contributed by atoms with E-state index in [-0.39, 0.29) is 11.5 Å². The van der Waals surface area contributed by atoms with Crippen LogP contribution in [-0.4, -0.2) is 6.61 Å². The molecule has 0 radical (unpaired) electrons. The lowest BCUT2D eigenvalue weighted by Gasteiger charge is -2.27. The third-order valence-corrected chi connectivity index (χ3v) is 4.38. The van der Waals surface area contributed by atoms with E-state index in [0.29, 0.717) is 6.61 Å². The standard InChI is InChI=1S/C18H22N2O/c1-2-21-16-10-8-14(9-11-16)17(20-19)18(12-13-18)15-6-4-3-5-7-15/h3-11,17,20H,2,12-13,19H2,1H3. The molecule has 0 spiro atoms. The van der Waals surface area contributed by atoms with Crippen LogP contribution in [0, 0.1) is 0 Å². The minimum absolute atomic E-state index is 0.128. The van der Waals surface area contributed by atoms with Crippen molar-refractivity contribution >= 4 is 0 Å². The van der Waals surface area contributed by atoms with Gasteiger partial charge < -0.3 is 4.74 Å². The highest BCUT2D eigenvalue weighted by Gasteiger charge is 2.50. The predicted octanol–water partition coefficient (Wildman–Crippen LogP) is 3.32. The van der Waals surface area contributed by atoms with Crippen molar-refractivity contribution in [2.24, 2.45) is 5.84 Å². The molecule has 21 heavy (non-hydrogen) atoms. The lowest BCUT2D eigenvalue weighted by Crippen LogP contribution is -2.36. The Hall–Kier alpha value is -1.84. The summed E-state index contributed by atoms with van der Waals surface area (Å²) in [6.07, 6.45) is 2.33. The molecule has 3 nitrogen and oxygen atoms in total. The van der Waals surface area contributed by atoms with Gasteiger partial charge in [0.15, 0.2) is 0 Å². The average molecular weight is 282 g/mol. The smallest absolute Gasteiger partial charge is 0.119 e. The maximum absolute atomic E-state index is 5.88. The van der Waals surface area contributed by atoms with Gasteiger partial charge in [0, 0.05) is 5.41 Å². The van der Waals surface area contributed by atoms with E-state index < -0.39 is 0 Å². The van der Waals surface area contributed by atoms with Crippen LogP contribution in [0.5, 0.6) is 5.75 Å². The van der Waals surface area contributed by atoms with Gasteiger partial charge in [0.25, 0.3) is 0 Å². The van der Waals surface area contributed by atoms with Crippen molar-refractivity contribution in [2.75, 3.05) is 6.61 Å². The number of hydrazine groups is 1. The van der Waals surface area contributed by atoms with Crippen molar-refractivity contribution in [1.82, 2.24) is 5.43 Å². The van der Waals surface area contributed by atoms with E-state index in [9.17, 15) is 0 Å². The molecule has 0 bridgehead atoms. The Morgan fingerprint density at radius 2 is 1.76 bits per heavy atom. The summed E-state index contributed by atoms with van der Waals surface area (Å²) in [5.74, 6) is 6.79. The Morgan fingerprint density at radius 1 is 1.10 bits per heavy atom. The zero-order valence-corrected chi connectivity index (χ0v) is 12.4. The second-order valence-electron chi connectivity index (χ2n) is 5.62. The first-order valence-electron chi connectivity index (χ1n) is 7.54. The molecule has 3 rings (SSSR count). The quantitative estimate of drug-likeness (QED) is 0.631. The normalized spacial score (nSPS) is 17.2. The van der Waals surface area contributed by atoms with Crippen LogP contribution in [0.25, 0.3) is 0 Å². The lowest BCUT2D eigenvalue weighted by atomic mass is 9.84. The van der Waals surface area contributed by atoms with Crippen molar-refractivity contribution in [2.45, 2.75) is 31.2 Å². The van der Waals surface area contributed by atoms with Crippen LogP contribution < -0.4 is 16.0 Å². The molecule has 1 unspecified atom stereocenters. The van der Waals surface area contributed by atoms with Crippen LogP contribution in [0.15, 0.2) is 54.6 Å². The topological polar surface area (TPSA) is 47.3 Å². The Bertz CT molecular complexity index is 576. The zero-order valence-electron chi connectivity index (χ0n) is 12.4. The van der Waals surface area contributed by atoms with E-state index in [4.69, 9.17) is 10.6 Å². The van der Waals surface area contributed by atoms with Crippen LogP contribution in [0.2, 0.25) is 0 Å². The van der Waals surface area contributed by atoms with Crippen molar-refractivity contribution in [3.05, 3.63) is 65.7 Å². The Morgan fingerprint density at radius 3 is 2.29 bits per heavy atom. The molecule has 3 N–H and O–H groups in total. The molecule has 1 saturated carbocycles. The summed E-state index contributed by atoms with van der Waals surface area (Å²) in [6.45, 7) is 2.68. The molecular formula is C18H22N2O. The highest BCUT2D eigenvalue weighted by Crippen LogP contribution is 2.56. The van der Waals surface area contributed by atoms with Crippen LogP contribution in [0.4, 0.5) is 0 Å². The number of benzene rings is 2. The molecule has 1 aliphatic carbocycles. The van der Waals surface area contributed by atoms with Crippen molar-refractivity contribution < 1.29 is 4.74 Å². The third-order valence-electron chi connectivity index (χ3n) is 4.38. The van der Waals surface area contributed by atoms with Crippen molar-refractivity contribution in [3.63, 3.8) is 0 Å². The fourth-order valence-corrected chi connectivity index (χ4v) is 3.15. The van der Waals surface area contributed by atoms with E-state index in [1.165, 1.54) is 24.0 Å². The summed E-state index contributed by atoms with van der Waals surface area (Å²) in [6, 6.07) is 19.0. The molecule has 3 heteroatoms. The molecular weight excluding hydrogens is 260 g/mol. The minimum atomic E-state index is 0.128. The fraction of sp³-hybridized carbons (Fsp3) is 0.333. The lowest BCUT2D eigenvalue weighted by molar-refractivity contribution is 0.339. The van der Waals surface area contributed by atoms with E-state index in [2.05, 4.69) is 47.9 Å². The van der Waals surface area contributed by atoms with Gasteiger partial charge in [-0.05, 0) is 43.0 Å². The van der Waals surface area contributed by atoms with Gasteiger partial charge in [0.05, 0.1) is 12.6 Å². The molecule has 0 saturated heterocycles. The summed E-state index contributed by atoms with van der Waals surface area (Å²) in [5, 5.41) is 0. The number of nitrogens with two attached hydrogens (primary N) is 1. The highest BCUT2D eigenvalue weighted by molar-refractivity contribution is 5.39. The predicted molar refractivity (Wildman–Crippen MR) is 85.0 cm³/mol. The zero-order chi connectivity index (χ0) is 14.7.